The summed E-state index contributed by atoms with van der Waals surface area (Å²) in [5.41, 5.74) is 0.597. The summed E-state index contributed by atoms with van der Waals surface area (Å²) in [6.45, 7) is 2.18. The van der Waals surface area contributed by atoms with Crippen LogP contribution < -0.4 is 10.6 Å². The van der Waals surface area contributed by atoms with Crippen molar-refractivity contribution in [2.45, 2.75) is 38.6 Å². The Morgan fingerprint density at radius 1 is 1.32 bits per heavy atom. The SMILES string of the molecule is C[C@H](NC(=S)NC(=O)c1ccccc1Br)[C@H]1C[C@H]2CC[C@H]1C2. The average Bonchev–Trinajstić information content (AvgIpc) is 3.10. The van der Waals surface area contributed by atoms with Gasteiger partial charge in [0.05, 0.1) is 5.56 Å². The van der Waals surface area contributed by atoms with Crippen LogP contribution in [-0.2, 0) is 0 Å². The third-order valence-electron chi connectivity index (χ3n) is 5.14. The maximum absolute atomic E-state index is 12.2. The van der Waals surface area contributed by atoms with E-state index in [4.69, 9.17) is 12.2 Å². The first kappa shape index (κ1) is 15.9. The fourth-order valence-electron chi connectivity index (χ4n) is 4.07. The first-order valence-corrected chi connectivity index (χ1v) is 9.11. The summed E-state index contributed by atoms with van der Waals surface area (Å²) in [7, 11) is 0. The topological polar surface area (TPSA) is 41.1 Å². The first-order valence-electron chi connectivity index (χ1n) is 7.91. The van der Waals surface area contributed by atoms with Gasteiger partial charge in [-0.25, -0.2) is 0 Å². The van der Waals surface area contributed by atoms with Gasteiger partial charge in [-0.05, 0) is 84.2 Å². The highest BCUT2D eigenvalue weighted by Crippen LogP contribution is 2.49. The number of carbonyl (C=O) groups is 1. The third kappa shape index (κ3) is 3.35. The minimum atomic E-state index is -0.176. The maximum Gasteiger partial charge on any atom is 0.258 e. The number of carbonyl (C=O) groups excluding carboxylic acids is 1. The Morgan fingerprint density at radius 2 is 2.09 bits per heavy atom. The van der Waals surface area contributed by atoms with Gasteiger partial charge in [-0.2, -0.15) is 0 Å². The summed E-state index contributed by atoms with van der Waals surface area (Å²) in [4.78, 5) is 12.2. The molecule has 0 unspecified atom stereocenters. The summed E-state index contributed by atoms with van der Waals surface area (Å²) < 4.78 is 0.774. The van der Waals surface area contributed by atoms with E-state index >= 15 is 0 Å². The number of thiocarbonyl (C=S) groups is 1. The zero-order chi connectivity index (χ0) is 15.7. The van der Waals surface area contributed by atoms with Gasteiger partial charge in [-0.1, -0.05) is 18.6 Å². The molecular formula is C17H21BrN2OS. The molecule has 0 spiro atoms. The van der Waals surface area contributed by atoms with Gasteiger partial charge in [0.15, 0.2) is 5.11 Å². The Bertz CT molecular complexity index is 592. The van der Waals surface area contributed by atoms with Crippen molar-refractivity contribution in [2.24, 2.45) is 17.8 Å². The molecule has 5 heteroatoms. The van der Waals surface area contributed by atoms with E-state index in [1.165, 1.54) is 25.7 Å². The number of halogens is 1. The molecule has 2 aliphatic rings. The second kappa shape index (κ2) is 6.67. The van der Waals surface area contributed by atoms with Crippen molar-refractivity contribution >= 4 is 39.2 Å². The molecule has 1 amide bonds. The molecule has 0 aromatic heterocycles. The Labute approximate surface area is 145 Å². The summed E-state index contributed by atoms with van der Waals surface area (Å²) in [6, 6.07) is 7.68. The van der Waals surface area contributed by atoms with E-state index in [1.807, 2.05) is 18.2 Å². The van der Waals surface area contributed by atoms with Gasteiger partial charge >= 0.3 is 0 Å². The van der Waals surface area contributed by atoms with Gasteiger partial charge in [0.2, 0.25) is 0 Å². The highest BCUT2D eigenvalue weighted by molar-refractivity contribution is 9.10. The number of amides is 1. The van der Waals surface area contributed by atoms with Crippen LogP contribution in [-0.4, -0.2) is 17.1 Å². The minimum absolute atomic E-state index is 0.176. The summed E-state index contributed by atoms with van der Waals surface area (Å²) in [6.07, 6.45) is 5.45. The van der Waals surface area contributed by atoms with Crippen molar-refractivity contribution < 1.29 is 4.79 Å². The number of hydrogen-bond donors (Lipinski definition) is 2. The molecule has 2 aliphatic carbocycles. The lowest BCUT2D eigenvalue weighted by Gasteiger charge is -2.29. The lowest BCUT2D eigenvalue weighted by atomic mass is 9.84. The van der Waals surface area contributed by atoms with E-state index in [0.717, 1.165) is 16.3 Å². The predicted molar refractivity (Wildman–Crippen MR) is 95.7 cm³/mol. The number of rotatable bonds is 3. The molecule has 0 heterocycles. The van der Waals surface area contributed by atoms with E-state index in [-0.39, 0.29) is 5.91 Å². The highest BCUT2D eigenvalue weighted by atomic mass is 79.9. The second-order valence-corrected chi connectivity index (χ2v) is 7.80. The smallest absolute Gasteiger partial charge is 0.258 e. The minimum Gasteiger partial charge on any atom is -0.360 e. The summed E-state index contributed by atoms with van der Waals surface area (Å²) in [5.74, 6) is 2.28. The van der Waals surface area contributed by atoms with Crippen molar-refractivity contribution in [1.82, 2.24) is 10.6 Å². The molecule has 2 fully saturated rings. The monoisotopic (exact) mass is 380 g/mol. The van der Waals surface area contributed by atoms with Crippen LogP contribution in [0.3, 0.4) is 0 Å². The fraction of sp³-hybridized carbons (Fsp3) is 0.529. The van der Waals surface area contributed by atoms with Crippen LogP contribution in [0.15, 0.2) is 28.7 Å². The number of nitrogens with one attached hydrogen (secondary N) is 2. The number of benzene rings is 1. The highest BCUT2D eigenvalue weighted by Gasteiger charge is 2.41. The van der Waals surface area contributed by atoms with Crippen LogP contribution in [0.1, 0.15) is 43.0 Å². The molecule has 2 N–H and O–H groups in total. The predicted octanol–water partition coefficient (Wildman–Crippen LogP) is 3.88. The largest absolute Gasteiger partial charge is 0.360 e. The second-order valence-electron chi connectivity index (χ2n) is 6.53. The van der Waals surface area contributed by atoms with Gasteiger partial charge in [-0.3, -0.25) is 10.1 Å². The molecule has 3 rings (SSSR count). The zero-order valence-electron chi connectivity index (χ0n) is 12.6. The van der Waals surface area contributed by atoms with Crippen LogP contribution in [0.25, 0.3) is 0 Å². The summed E-state index contributed by atoms with van der Waals surface area (Å²) >= 11 is 8.70. The lowest BCUT2D eigenvalue weighted by molar-refractivity contribution is 0.0975. The summed E-state index contributed by atoms with van der Waals surface area (Å²) in [5, 5.41) is 6.52. The van der Waals surface area contributed by atoms with Gasteiger partial charge < -0.3 is 5.32 Å². The molecular weight excluding hydrogens is 360 g/mol. The quantitative estimate of drug-likeness (QED) is 0.781. The molecule has 0 saturated heterocycles. The Morgan fingerprint density at radius 3 is 2.73 bits per heavy atom. The van der Waals surface area contributed by atoms with Crippen molar-refractivity contribution in [3.8, 4) is 0 Å². The van der Waals surface area contributed by atoms with Crippen molar-refractivity contribution in [3.63, 3.8) is 0 Å². The molecule has 0 aliphatic heterocycles. The van der Waals surface area contributed by atoms with Crippen molar-refractivity contribution in [3.05, 3.63) is 34.3 Å². The normalized spacial score (nSPS) is 27.5. The van der Waals surface area contributed by atoms with Crippen molar-refractivity contribution in [2.75, 3.05) is 0 Å². The van der Waals surface area contributed by atoms with Crippen LogP contribution in [0.2, 0.25) is 0 Å². The first-order chi connectivity index (χ1) is 10.5. The molecule has 2 saturated carbocycles. The average molecular weight is 381 g/mol. The third-order valence-corrected chi connectivity index (χ3v) is 6.05. The Kier molecular flexibility index (Phi) is 4.83. The van der Waals surface area contributed by atoms with Crippen molar-refractivity contribution in [1.29, 1.82) is 0 Å². The van der Waals surface area contributed by atoms with Gasteiger partial charge in [0.1, 0.15) is 0 Å². The van der Waals surface area contributed by atoms with Gasteiger partial charge in [0, 0.05) is 10.5 Å². The Balaban J connectivity index is 1.54. The van der Waals surface area contributed by atoms with Crippen LogP contribution in [0.4, 0.5) is 0 Å². The molecule has 1 aromatic carbocycles. The van der Waals surface area contributed by atoms with E-state index in [2.05, 4.69) is 33.5 Å². The number of hydrogen-bond acceptors (Lipinski definition) is 2. The van der Waals surface area contributed by atoms with Crippen LogP contribution in [0.5, 0.6) is 0 Å². The van der Waals surface area contributed by atoms with Crippen LogP contribution >= 0.6 is 28.1 Å². The molecule has 118 valence electrons. The van der Waals surface area contributed by atoms with Gasteiger partial charge in [0.25, 0.3) is 5.91 Å². The Hall–Kier alpha value is -0.940. The molecule has 1 aromatic rings. The van der Waals surface area contributed by atoms with Crippen LogP contribution in [0, 0.1) is 17.8 Å². The fourth-order valence-corrected chi connectivity index (χ4v) is 4.82. The molecule has 2 bridgehead atoms. The molecule has 4 atom stereocenters. The van der Waals surface area contributed by atoms with E-state index < -0.39 is 0 Å². The van der Waals surface area contributed by atoms with E-state index in [0.29, 0.717) is 22.6 Å². The zero-order valence-corrected chi connectivity index (χ0v) is 15.0. The molecule has 0 radical (unpaired) electrons. The van der Waals surface area contributed by atoms with Gasteiger partial charge in [-0.15, -0.1) is 0 Å². The maximum atomic E-state index is 12.2. The molecule has 3 nitrogen and oxygen atoms in total. The van der Waals surface area contributed by atoms with E-state index in [1.54, 1.807) is 6.07 Å². The lowest BCUT2D eigenvalue weighted by Crippen LogP contribution is -2.46. The standard InChI is InChI=1S/C17H21BrN2OS/c1-10(14-9-11-6-7-12(14)8-11)19-17(22)20-16(21)13-4-2-3-5-15(13)18/h2-5,10-12,14H,6-9H2,1H3,(H2,19,20,21,22)/t10-,11-,12-,14+/m0/s1. The van der Waals surface area contributed by atoms with E-state index in [9.17, 15) is 4.79 Å². The number of fused-ring (bicyclic) bond motifs is 2. The molecule has 22 heavy (non-hydrogen) atoms.